The SMILES string of the molecule is CC(C)(C)c1nc(C(O)c2cccnc2)cs1. The van der Waals surface area contributed by atoms with Crippen molar-refractivity contribution in [2.45, 2.75) is 32.3 Å². The first kappa shape index (κ1) is 12.2. The lowest BCUT2D eigenvalue weighted by Gasteiger charge is -2.14. The van der Waals surface area contributed by atoms with Crippen molar-refractivity contribution < 1.29 is 5.11 Å². The first-order chi connectivity index (χ1) is 7.98. The number of thiazole rings is 1. The molecule has 2 rings (SSSR count). The Morgan fingerprint density at radius 3 is 2.65 bits per heavy atom. The predicted octanol–water partition coefficient (Wildman–Crippen LogP) is 2.92. The van der Waals surface area contributed by atoms with Crippen LogP contribution < -0.4 is 0 Å². The first-order valence-corrected chi connectivity index (χ1v) is 6.40. The van der Waals surface area contributed by atoms with Gasteiger partial charge in [-0.05, 0) is 6.07 Å². The van der Waals surface area contributed by atoms with Crippen LogP contribution in [0.15, 0.2) is 29.9 Å². The molecule has 0 saturated carbocycles. The maximum absolute atomic E-state index is 10.2. The molecule has 0 aromatic carbocycles. The van der Waals surface area contributed by atoms with Crippen molar-refractivity contribution in [2.24, 2.45) is 0 Å². The standard InChI is InChI=1S/C13H16N2OS/c1-13(2,3)12-15-10(8-17-12)11(16)9-5-4-6-14-7-9/h4-8,11,16H,1-3H3. The van der Waals surface area contributed by atoms with Gasteiger partial charge in [-0.15, -0.1) is 11.3 Å². The molecule has 4 heteroatoms. The highest BCUT2D eigenvalue weighted by Crippen LogP contribution is 2.29. The summed E-state index contributed by atoms with van der Waals surface area (Å²) in [6, 6.07) is 3.67. The van der Waals surface area contributed by atoms with Gasteiger partial charge in [-0.1, -0.05) is 26.8 Å². The van der Waals surface area contributed by atoms with Crippen molar-refractivity contribution in [3.8, 4) is 0 Å². The van der Waals surface area contributed by atoms with E-state index >= 15 is 0 Å². The van der Waals surface area contributed by atoms with E-state index in [0.717, 1.165) is 10.6 Å². The number of hydrogen-bond acceptors (Lipinski definition) is 4. The van der Waals surface area contributed by atoms with Crippen LogP contribution in [0.4, 0.5) is 0 Å². The van der Waals surface area contributed by atoms with E-state index in [1.807, 2.05) is 17.5 Å². The van der Waals surface area contributed by atoms with Crippen molar-refractivity contribution in [3.05, 3.63) is 46.2 Å². The van der Waals surface area contributed by atoms with E-state index in [1.54, 1.807) is 23.7 Å². The summed E-state index contributed by atoms with van der Waals surface area (Å²) in [5.74, 6) is 0. The van der Waals surface area contributed by atoms with Crippen LogP contribution in [0.3, 0.4) is 0 Å². The Labute approximate surface area is 105 Å². The van der Waals surface area contributed by atoms with Gasteiger partial charge in [0.2, 0.25) is 0 Å². The Morgan fingerprint density at radius 2 is 2.12 bits per heavy atom. The Balaban J connectivity index is 2.27. The van der Waals surface area contributed by atoms with Crippen LogP contribution >= 0.6 is 11.3 Å². The van der Waals surface area contributed by atoms with Crippen LogP contribution in [0.1, 0.15) is 43.1 Å². The predicted molar refractivity (Wildman–Crippen MR) is 69.1 cm³/mol. The second kappa shape index (κ2) is 4.55. The Morgan fingerprint density at radius 1 is 1.35 bits per heavy atom. The Hall–Kier alpha value is -1.26. The molecular formula is C13H16N2OS. The molecule has 2 aromatic heterocycles. The topological polar surface area (TPSA) is 46.0 Å². The quantitative estimate of drug-likeness (QED) is 0.888. The fourth-order valence-electron chi connectivity index (χ4n) is 1.46. The third kappa shape index (κ3) is 2.70. The summed E-state index contributed by atoms with van der Waals surface area (Å²) in [5, 5.41) is 13.1. The van der Waals surface area contributed by atoms with Crippen molar-refractivity contribution in [1.29, 1.82) is 0 Å². The number of aliphatic hydroxyl groups excluding tert-OH is 1. The summed E-state index contributed by atoms with van der Waals surface area (Å²) in [7, 11) is 0. The summed E-state index contributed by atoms with van der Waals surface area (Å²) >= 11 is 1.59. The largest absolute Gasteiger partial charge is 0.382 e. The molecule has 90 valence electrons. The van der Waals surface area contributed by atoms with E-state index in [4.69, 9.17) is 0 Å². The van der Waals surface area contributed by atoms with Gasteiger partial charge in [-0.2, -0.15) is 0 Å². The van der Waals surface area contributed by atoms with Gasteiger partial charge < -0.3 is 5.11 Å². The molecule has 0 bridgehead atoms. The zero-order valence-corrected chi connectivity index (χ0v) is 11.0. The lowest BCUT2D eigenvalue weighted by atomic mass is 9.98. The first-order valence-electron chi connectivity index (χ1n) is 5.52. The summed E-state index contributed by atoms with van der Waals surface area (Å²) in [6.07, 6.45) is 2.68. The molecule has 0 amide bonds. The van der Waals surface area contributed by atoms with Gasteiger partial charge in [0.15, 0.2) is 0 Å². The smallest absolute Gasteiger partial charge is 0.123 e. The third-order valence-electron chi connectivity index (χ3n) is 2.44. The maximum atomic E-state index is 10.2. The zero-order chi connectivity index (χ0) is 12.5. The van der Waals surface area contributed by atoms with Crippen molar-refractivity contribution in [1.82, 2.24) is 9.97 Å². The number of hydrogen-bond donors (Lipinski definition) is 1. The van der Waals surface area contributed by atoms with Crippen LogP contribution in [0, 0.1) is 0 Å². The minimum Gasteiger partial charge on any atom is -0.382 e. The van der Waals surface area contributed by atoms with Crippen molar-refractivity contribution in [2.75, 3.05) is 0 Å². The lowest BCUT2D eigenvalue weighted by Crippen LogP contribution is -2.11. The van der Waals surface area contributed by atoms with E-state index in [0.29, 0.717) is 5.69 Å². The monoisotopic (exact) mass is 248 g/mol. The fraction of sp³-hybridized carbons (Fsp3) is 0.385. The molecule has 17 heavy (non-hydrogen) atoms. The molecule has 2 heterocycles. The molecular weight excluding hydrogens is 232 g/mol. The summed E-state index contributed by atoms with van der Waals surface area (Å²) in [4.78, 5) is 8.50. The van der Waals surface area contributed by atoms with Gasteiger partial charge in [0.05, 0.1) is 10.7 Å². The summed E-state index contributed by atoms with van der Waals surface area (Å²) in [5.41, 5.74) is 1.50. The van der Waals surface area contributed by atoms with Gasteiger partial charge in [0, 0.05) is 28.8 Å². The lowest BCUT2D eigenvalue weighted by molar-refractivity contribution is 0.215. The minimum absolute atomic E-state index is 0.0254. The van der Waals surface area contributed by atoms with Gasteiger partial charge in [-0.3, -0.25) is 4.98 Å². The average Bonchev–Trinajstić information content (AvgIpc) is 2.78. The molecule has 0 aliphatic rings. The van der Waals surface area contributed by atoms with Crippen LogP contribution in [-0.2, 0) is 5.41 Å². The van der Waals surface area contributed by atoms with E-state index in [1.165, 1.54) is 0 Å². The van der Waals surface area contributed by atoms with Crippen molar-refractivity contribution >= 4 is 11.3 Å². The summed E-state index contributed by atoms with van der Waals surface area (Å²) in [6.45, 7) is 6.35. The fourth-order valence-corrected chi connectivity index (χ4v) is 2.39. The normalized spacial score (nSPS) is 13.6. The minimum atomic E-state index is -0.684. The van der Waals surface area contributed by atoms with Crippen LogP contribution in [0.25, 0.3) is 0 Å². The second-order valence-electron chi connectivity index (χ2n) is 5.02. The third-order valence-corrected chi connectivity index (χ3v) is 3.73. The molecule has 0 aliphatic carbocycles. The van der Waals surface area contributed by atoms with Gasteiger partial charge in [0.1, 0.15) is 6.10 Å². The zero-order valence-electron chi connectivity index (χ0n) is 10.2. The highest BCUT2D eigenvalue weighted by atomic mass is 32.1. The van der Waals surface area contributed by atoms with Crippen molar-refractivity contribution in [3.63, 3.8) is 0 Å². The maximum Gasteiger partial charge on any atom is 0.123 e. The van der Waals surface area contributed by atoms with Gasteiger partial charge in [0.25, 0.3) is 0 Å². The highest BCUT2D eigenvalue weighted by molar-refractivity contribution is 7.09. The molecule has 0 saturated heterocycles. The number of nitrogens with zero attached hydrogens (tertiary/aromatic N) is 2. The number of pyridine rings is 1. The van der Waals surface area contributed by atoms with Crippen LogP contribution in [0.5, 0.6) is 0 Å². The average molecular weight is 248 g/mol. The molecule has 0 aliphatic heterocycles. The molecule has 1 unspecified atom stereocenters. The molecule has 3 nitrogen and oxygen atoms in total. The Bertz CT molecular complexity index is 488. The van der Waals surface area contributed by atoms with E-state index in [2.05, 4.69) is 30.7 Å². The molecule has 0 spiro atoms. The van der Waals surface area contributed by atoms with Gasteiger partial charge in [-0.25, -0.2) is 4.98 Å². The molecule has 1 atom stereocenters. The molecule has 2 aromatic rings. The summed E-state index contributed by atoms with van der Waals surface area (Å²) < 4.78 is 0. The number of aliphatic hydroxyl groups is 1. The molecule has 1 N–H and O–H groups in total. The van der Waals surface area contributed by atoms with E-state index < -0.39 is 6.10 Å². The highest BCUT2D eigenvalue weighted by Gasteiger charge is 2.21. The van der Waals surface area contributed by atoms with E-state index in [9.17, 15) is 5.11 Å². The van der Waals surface area contributed by atoms with Crippen LogP contribution in [0.2, 0.25) is 0 Å². The van der Waals surface area contributed by atoms with Crippen LogP contribution in [-0.4, -0.2) is 15.1 Å². The second-order valence-corrected chi connectivity index (χ2v) is 5.87. The van der Waals surface area contributed by atoms with E-state index in [-0.39, 0.29) is 5.41 Å². The Kier molecular flexibility index (Phi) is 3.26. The van der Waals surface area contributed by atoms with Gasteiger partial charge >= 0.3 is 0 Å². The molecule has 0 radical (unpaired) electrons. The number of rotatable bonds is 2. The number of aromatic nitrogens is 2. The molecule has 0 fully saturated rings.